The molecule has 118 valence electrons. The predicted octanol–water partition coefficient (Wildman–Crippen LogP) is -0.122. The maximum Gasteiger partial charge on any atom is 0.320 e. The Morgan fingerprint density at radius 3 is 2.38 bits per heavy atom. The lowest BCUT2D eigenvalue weighted by Gasteiger charge is -2.30. The number of aliphatic carboxylic acids is 1. The molecule has 0 spiro atoms. The molecule has 1 aromatic heterocycles. The topological polar surface area (TPSA) is 114 Å². The summed E-state index contributed by atoms with van der Waals surface area (Å²) in [6.45, 7) is 7.89. The summed E-state index contributed by atoms with van der Waals surface area (Å²) in [4.78, 5) is 24.7. The Morgan fingerprint density at radius 2 is 1.90 bits per heavy atom. The van der Waals surface area contributed by atoms with Crippen LogP contribution >= 0.6 is 0 Å². The van der Waals surface area contributed by atoms with Gasteiger partial charge in [0.2, 0.25) is 5.91 Å². The van der Waals surface area contributed by atoms with Gasteiger partial charge >= 0.3 is 5.97 Å². The highest BCUT2D eigenvalue weighted by Crippen LogP contribution is 2.07. The van der Waals surface area contributed by atoms with Crippen molar-refractivity contribution < 1.29 is 14.7 Å². The van der Waals surface area contributed by atoms with Crippen molar-refractivity contribution in [3.63, 3.8) is 0 Å². The molecule has 8 nitrogen and oxygen atoms in total. The van der Waals surface area contributed by atoms with E-state index in [4.69, 9.17) is 10.8 Å². The van der Waals surface area contributed by atoms with Gasteiger partial charge in [0.1, 0.15) is 12.6 Å². The average Bonchev–Trinajstić information content (AvgIpc) is 2.74. The third kappa shape index (κ3) is 4.82. The van der Waals surface area contributed by atoms with Crippen molar-refractivity contribution in [1.29, 1.82) is 0 Å². The Kier molecular flexibility index (Phi) is 5.83. The fourth-order valence-electron chi connectivity index (χ4n) is 2.21. The van der Waals surface area contributed by atoms with Gasteiger partial charge in [-0.3, -0.25) is 9.59 Å². The van der Waals surface area contributed by atoms with Crippen molar-refractivity contribution in [3.8, 4) is 0 Å². The highest BCUT2D eigenvalue weighted by atomic mass is 16.4. The zero-order valence-electron chi connectivity index (χ0n) is 12.9. The number of carbonyl (C=O) groups is 2. The van der Waals surface area contributed by atoms with Crippen LogP contribution in [0.4, 0.5) is 0 Å². The van der Waals surface area contributed by atoms with Crippen molar-refractivity contribution >= 4 is 11.9 Å². The molecule has 8 heteroatoms. The van der Waals surface area contributed by atoms with Crippen LogP contribution in [-0.2, 0) is 22.6 Å². The lowest BCUT2D eigenvalue weighted by atomic mass is 10.2. The van der Waals surface area contributed by atoms with Gasteiger partial charge < -0.3 is 15.7 Å². The quantitative estimate of drug-likeness (QED) is 0.725. The average molecular weight is 297 g/mol. The van der Waals surface area contributed by atoms with Crippen LogP contribution in [0.3, 0.4) is 0 Å². The molecule has 21 heavy (non-hydrogen) atoms. The lowest BCUT2D eigenvalue weighted by molar-refractivity contribution is -0.138. The standard InChI is InChI=1S/C13H23N5O3/c1-8(2)18(9(3)4)12(19)7-17-6-10(15-16-17)5-11(14)13(20)21/h6,8-9,11H,5,7,14H2,1-4H3,(H,20,21). The Hall–Kier alpha value is -1.96. The first-order valence-electron chi connectivity index (χ1n) is 6.91. The largest absolute Gasteiger partial charge is 0.480 e. The van der Waals surface area contributed by atoms with E-state index >= 15 is 0 Å². The highest BCUT2D eigenvalue weighted by molar-refractivity contribution is 5.76. The van der Waals surface area contributed by atoms with E-state index in [9.17, 15) is 9.59 Å². The Balaban J connectivity index is 2.69. The van der Waals surface area contributed by atoms with Crippen LogP contribution < -0.4 is 5.73 Å². The van der Waals surface area contributed by atoms with E-state index in [1.165, 1.54) is 4.68 Å². The number of nitrogens with zero attached hydrogens (tertiary/aromatic N) is 4. The SMILES string of the molecule is CC(C)N(C(=O)Cn1cc(CC(N)C(=O)O)nn1)C(C)C. The van der Waals surface area contributed by atoms with Crippen LogP contribution in [0.25, 0.3) is 0 Å². The summed E-state index contributed by atoms with van der Waals surface area (Å²) in [5, 5.41) is 16.4. The number of hydrogen-bond donors (Lipinski definition) is 2. The molecule has 0 aliphatic carbocycles. The van der Waals surface area contributed by atoms with Crippen LogP contribution in [-0.4, -0.2) is 55.0 Å². The zero-order valence-corrected chi connectivity index (χ0v) is 12.9. The van der Waals surface area contributed by atoms with Crippen molar-refractivity contribution in [2.75, 3.05) is 0 Å². The minimum Gasteiger partial charge on any atom is -0.480 e. The molecule has 1 unspecified atom stereocenters. The van der Waals surface area contributed by atoms with Gasteiger partial charge in [0.15, 0.2) is 0 Å². The summed E-state index contributed by atoms with van der Waals surface area (Å²) in [6, 6.07) is -0.824. The van der Waals surface area contributed by atoms with Gasteiger partial charge in [0.25, 0.3) is 0 Å². The van der Waals surface area contributed by atoms with E-state index in [1.54, 1.807) is 11.1 Å². The zero-order chi connectivity index (χ0) is 16.2. The van der Waals surface area contributed by atoms with Crippen LogP contribution in [0, 0.1) is 0 Å². The third-order valence-electron chi connectivity index (χ3n) is 3.03. The number of nitrogens with two attached hydrogens (primary N) is 1. The number of rotatable bonds is 7. The first kappa shape index (κ1) is 17.1. The van der Waals surface area contributed by atoms with E-state index in [1.807, 2.05) is 27.7 Å². The smallest absolute Gasteiger partial charge is 0.320 e. The van der Waals surface area contributed by atoms with Gasteiger partial charge in [-0.25, -0.2) is 4.68 Å². The number of carbonyl (C=O) groups excluding carboxylic acids is 1. The highest BCUT2D eigenvalue weighted by Gasteiger charge is 2.21. The summed E-state index contributed by atoms with van der Waals surface area (Å²) in [6.07, 6.45) is 1.64. The van der Waals surface area contributed by atoms with E-state index < -0.39 is 12.0 Å². The maximum absolute atomic E-state index is 12.3. The van der Waals surface area contributed by atoms with Gasteiger partial charge in [0, 0.05) is 24.7 Å². The van der Waals surface area contributed by atoms with Gasteiger partial charge in [-0.1, -0.05) is 5.21 Å². The second-order valence-corrected chi connectivity index (χ2v) is 5.54. The van der Waals surface area contributed by atoms with Gasteiger partial charge in [-0.05, 0) is 27.7 Å². The summed E-state index contributed by atoms with van der Waals surface area (Å²) in [7, 11) is 0. The Bertz CT molecular complexity index is 490. The van der Waals surface area contributed by atoms with Crippen molar-refractivity contribution in [3.05, 3.63) is 11.9 Å². The molecule has 0 aliphatic rings. The lowest BCUT2D eigenvalue weighted by Crippen LogP contribution is -2.43. The second-order valence-electron chi connectivity index (χ2n) is 5.54. The monoisotopic (exact) mass is 297 g/mol. The molecular weight excluding hydrogens is 274 g/mol. The van der Waals surface area contributed by atoms with Crippen LogP contribution in [0.2, 0.25) is 0 Å². The Morgan fingerprint density at radius 1 is 1.33 bits per heavy atom. The second kappa shape index (κ2) is 7.16. The molecular formula is C13H23N5O3. The van der Waals surface area contributed by atoms with Crippen molar-refractivity contribution in [1.82, 2.24) is 19.9 Å². The van der Waals surface area contributed by atoms with Crippen LogP contribution in [0.1, 0.15) is 33.4 Å². The molecule has 0 fully saturated rings. The summed E-state index contributed by atoms with van der Waals surface area (Å²) >= 11 is 0. The third-order valence-corrected chi connectivity index (χ3v) is 3.03. The van der Waals surface area contributed by atoms with E-state index in [2.05, 4.69) is 10.3 Å². The molecule has 3 N–H and O–H groups in total. The van der Waals surface area contributed by atoms with E-state index in [0.29, 0.717) is 5.69 Å². The number of amides is 1. The minimum atomic E-state index is -1.09. The molecule has 0 bridgehead atoms. The van der Waals surface area contributed by atoms with Crippen molar-refractivity contribution in [2.45, 2.75) is 58.8 Å². The first-order chi connectivity index (χ1) is 9.72. The molecule has 1 amide bonds. The number of carboxylic acids is 1. The minimum absolute atomic E-state index is 0.0565. The first-order valence-corrected chi connectivity index (χ1v) is 6.91. The van der Waals surface area contributed by atoms with Gasteiger partial charge in [0.05, 0.1) is 5.69 Å². The van der Waals surface area contributed by atoms with Gasteiger partial charge in [-0.15, -0.1) is 5.10 Å². The van der Waals surface area contributed by atoms with E-state index in [-0.39, 0.29) is 31.0 Å². The number of carboxylic acid groups (broad SMARTS) is 1. The fourth-order valence-corrected chi connectivity index (χ4v) is 2.21. The molecule has 0 saturated carbocycles. The molecule has 1 aromatic rings. The van der Waals surface area contributed by atoms with E-state index in [0.717, 1.165) is 0 Å². The molecule has 1 heterocycles. The van der Waals surface area contributed by atoms with Crippen LogP contribution in [0.5, 0.6) is 0 Å². The normalized spacial score (nSPS) is 12.7. The molecule has 0 aliphatic heterocycles. The molecule has 0 saturated heterocycles. The number of aromatic nitrogens is 3. The molecule has 0 aromatic carbocycles. The predicted molar refractivity (Wildman–Crippen MR) is 76.5 cm³/mol. The Labute approximate surface area is 123 Å². The maximum atomic E-state index is 12.3. The number of hydrogen-bond acceptors (Lipinski definition) is 5. The van der Waals surface area contributed by atoms with Crippen LogP contribution in [0.15, 0.2) is 6.20 Å². The summed E-state index contributed by atoms with van der Waals surface area (Å²) in [5.74, 6) is -1.15. The van der Waals surface area contributed by atoms with Crippen molar-refractivity contribution in [2.24, 2.45) is 5.73 Å². The summed E-state index contributed by atoms with van der Waals surface area (Å²) in [5.41, 5.74) is 5.89. The summed E-state index contributed by atoms with van der Waals surface area (Å²) < 4.78 is 1.41. The fraction of sp³-hybridized carbons (Fsp3) is 0.692. The van der Waals surface area contributed by atoms with Gasteiger partial charge in [-0.2, -0.15) is 0 Å². The molecule has 1 atom stereocenters. The molecule has 1 rings (SSSR count). The molecule has 0 radical (unpaired) electrons.